The van der Waals surface area contributed by atoms with Crippen LogP contribution in [0, 0.1) is 12.7 Å². The van der Waals surface area contributed by atoms with Gasteiger partial charge < -0.3 is 10.8 Å². The average Bonchev–Trinajstić information content (AvgIpc) is 2.15. The molecule has 0 aliphatic carbocycles. The number of hydrogen-bond acceptors (Lipinski definition) is 2. The van der Waals surface area contributed by atoms with Gasteiger partial charge in [-0.2, -0.15) is 0 Å². The third kappa shape index (κ3) is 2.23. The minimum atomic E-state index is -0.716. The molecule has 0 saturated heterocycles. The fraction of sp³-hybridized carbons (Fsp3) is 0.400. The maximum atomic E-state index is 13.3. The Balaban J connectivity index is 3.04. The summed E-state index contributed by atoms with van der Waals surface area (Å²) < 4.78 is 13.3. The maximum absolute atomic E-state index is 13.3. The van der Waals surface area contributed by atoms with Crippen molar-refractivity contribution in [2.75, 3.05) is 6.54 Å². The molecule has 0 aliphatic heterocycles. The van der Waals surface area contributed by atoms with Gasteiger partial charge in [0, 0.05) is 0 Å². The Morgan fingerprint density at radius 2 is 2.21 bits per heavy atom. The van der Waals surface area contributed by atoms with Crippen molar-refractivity contribution in [1.29, 1.82) is 0 Å². The molecule has 0 spiro atoms. The molecule has 1 aromatic carbocycles. The van der Waals surface area contributed by atoms with Crippen LogP contribution in [0.5, 0.6) is 0 Å². The summed E-state index contributed by atoms with van der Waals surface area (Å²) in [4.78, 5) is 0. The molecule has 1 rings (SSSR count). The predicted octanol–water partition coefficient (Wildman–Crippen LogP) is 2.17. The van der Waals surface area contributed by atoms with E-state index in [0.717, 1.165) is 0 Å². The summed E-state index contributed by atoms with van der Waals surface area (Å²) in [5.74, 6) is -0.472. The summed E-state index contributed by atoms with van der Waals surface area (Å²) in [6, 6.07) is 3.07. The molecule has 14 heavy (non-hydrogen) atoms. The zero-order valence-electron chi connectivity index (χ0n) is 7.93. The molecule has 0 bridgehead atoms. The molecule has 0 aliphatic rings. The van der Waals surface area contributed by atoms with E-state index < -0.39 is 11.9 Å². The Labute approximate surface area is 87.5 Å². The van der Waals surface area contributed by atoms with Crippen LogP contribution >= 0.6 is 11.6 Å². The lowest BCUT2D eigenvalue weighted by molar-refractivity contribution is 0.169. The van der Waals surface area contributed by atoms with Gasteiger partial charge in [-0.1, -0.05) is 17.7 Å². The zero-order chi connectivity index (χ0) is 10.7. The van der Waals surface area contributed by atoms with Gasteiger partial charge in [0.2, 0.25) is 0 Å². The monoisotopic (exact) mass is 217 g/mol. The predicted molar refractivity (Wildman–Crippen MR) is 54.8 cm³/mol. The molecule has 1 unspecified atom stereocenters. The SMILES string of the molecule is Cc1c(C(O)CCN)ccc(Cl)c1F. The largest absolute Gasteiger partial charge is 0.388 e. The molecule has 1 aromatic rings. The Bertz CT molecular complexity index is 330. The van der Waals surface area contributed by atoms with Crippen LogP contribution in [0.1, 0.15) is 23.7 Å². The number of benzene rings is 1. The van der Waals surface area contributed by atoms with E-state index in [9.17, 15) is 9.50 Å². The van der Waals surface area contributed by atoms with E-state index in [4.69, 9.17) is 17.3 Å². The van der Waals surface area contributed by atoms with Gasteiger partial charge in [0.1, 0.15) is 5.82 Å². The van der Waals surface area contributed by atoms with Crippen LogP contribution in [0.4, 0.5) is 4.39 Å². The van der Waals surface area contributed by atoms with Crippen LogP contribution in [0.15, 0.2) is 12.1 Å². The van der Waals surface area contributed by atoms with E-state index in [2.05, 4.69) is 0 Å². The number of nitrogens with two attached hydrogens (primary N) is 1. The number of halogens is 2. The quantitative estimate of drug-likeness (QED) is 0.815. The number of hydrogen-bond donors (Lipinski definition) is 2. The summed E-state index contributed by atoms with van der Waals surface area (Å²) in [7, 11) is 0. The average molecular weight is 218 g/mol. The van der Waals surface area contributed by atoms with E-state index in [1.54, 1.807) is 13.0 Å². The minimum Gasteiger partial charge on any atom is -0.388 e. The third-order valence-electron chi connectivity index (χ3n) is 2.18. The number of rotatable bonds is 3. The first-order chi connectivity index (χ1) is 6.57. The van der Waals surface area contributed by atoms with Crippen LogP contribution in [0.2, 0.25) is 5.02 Å². The lowest BCUT2D eigenvalue weighted by Gasteiger charge is -2.13. The smallest absolute Gasteiger partial charge is 0.145 e. The van der Waals surface area contributed by atoms with Crippen LogP contribution in [-0.4, -0.2) is 11.7 Å². The summed E-state index contributed by atoms with van der Waals surface area (Å²) >= 11 is 5.59. The van der Waals surface area contributed by atoms with Gasteiger partial charge in [-0.3, -0.25) is 0 Å². The zero-order valence-corrected chi connectivity index (χ0v) is 8.68. The first-order valence-electron chi connectivity index (χ1n) is 4.40. The Kier molecular flexibility index (Phi) is 3.86. The summed E-state index contributed by atoms with van der Waals surface area (Å²) in [6.45, 7) is 1.96. The topological polar surface area (TPSA) is 46.2 Å². The van der Waals surface area contributed by atoms with E-state index in [-0.39, 0.29) is 5.02 Å². The van der Waals surface area contributed by atoms with Crippen molar-refractivity contribution < 1.29 is 9.50 Å². The summed E-state index contributed by atoms with van der Waals surface area (Å²) in [5, 5.41) is 9.70. The number of aliphatic hydroxyl groups is 1. The summed E-state index contributed by atoms with van der Waals surface area (Å²) in [5.41, 5.74) is 6.25. The molecule has 0 fully saturated rings. The first kappa shape index (κ1) is 11.4. The second-order valence-electron chi connectivity index (χ2n) is 3.17. The van der Waals surface area contributed by atoms with Gasteiger partial charge in [-0.25, -0.2) is 4.39 Å². The highest BCUT2D eigenvalue weighted by Crippen LogP contribution is 2.26. The molecule has 0 heterocycles. The molecular formula is C10H13ClFNO. The standard InChI is InChI=1S/C10H13ClFNO/c1-6-7(9(14)4-5-13)2-3-8(11)10(6)12/h2-3,9,14H,4-5,13H2,1H3. The van der Waals surface area contributed by atoms with Crippen LogP contribution in [-0.2, 0) is 0 Å². The highest BCUT2D eigenvalue weighted by Gasteiger charge is 2.14. The fourth-order valence-electron chi connectivity index (χ4n) is 1.34. The fourth-order valence-corrected chi connectivity index (χ4v) is 1.55. The van der Waals surface area contributed by atoms with E-state index in [1.807, 2.05) is 0 Å². The van der Waals surface area contributed by atoms with Crippen molar-refractivity contribution in [1.82, 2.24) is 0 Å². The minimum absolute atomic E-state index is 0.0752. The molecule has 0 aromatic heterocycles. The lowest BCUT2D eigenvalue weighted by atomic mass is 10.0. The van der Waals surface area contributed by atoms with Crippen molar-refractivity contribution in [2.24, 2.45) is 5.73 Å². The molecular weight excluding hydrogens is 205 g/mol. The van der Waals surface area contributed by atoms with Crippen molar-refractivity contribution >= 4 is 11.6 Å². The Morgan fingerprint density at radius 1 is 1.57 bits per heavy atom. The van der Waals surface area contributed by atoms with Gasteiger partial charge in [0.05, 0.1) is 11.1 Å². The van der Waals surface area contributed by atoms with Gasteiger partial charge in [0.15, 0.2) is 0 Å². The Hall–Kier alpha value is -0.640. The first-order valence-corrected chi connectivity index (χ1v) is 4.78. The highest BCUT2D eigenvalue weighted by atomic mass is 35.5. The third-order valence-corrected chi connectivity index (χ3v) is 2.47. The van der Waals surface area contributed by atoms with Crippen LogP contribution in [0.3, 0.4) is 0 Å². The normalized spacial score (nSPS) is 12.9. The second-order valence-corrected chi connectivity index (χ2v) is 3.58. The van der Waals surface area contributed by atoms with Crippen molar-refractivity contribution in [3.63, 3.8) is 0 Å². The van der Waals surface area contributed by atoms with Crippen molar-refractivity contribution in [3.05, 3.63) is 34.1 Å². The van der Waals surface area contributed by atoms with Crippen LogP contribution in [0.25, 0.3) is 0 Å². The van der Waals surface area contributed by atoms with Gasteiger partial charge >= 0.3 is 0 Å². The maximum Gasteiger partial charge on any atom is 0.145 e. The molecule has 0 radical (unpaired) electrons. The van der Waals surface area contributed by atoms with Gasteiger partial charge in [-0.05, 0) is 37.1 Å². The van der Waals surface area contributed by atoms with Crippen LogP contribution < -0.4 is 5.73 Å². The highest BCUT2D eigenvalue weighted by molar-refractivity contribution is 6.30. The molecule has 1 atom stereocenters. The molecule has 0 amide bonds. The van der Waals surface area contributed by atoms with Crippen molar-refractivity contribution in [3.8, 4) is 0 Å². The van der Waals surface area contributed by atoms with Gasteiger partial charge in [-0.15, -0.1) is 0 Å². The second kappa shape index (κ2) is 4.73. The lowest BCUT2D eigenvalue weighted by Crippen LogP contribution is -2.08. The summed E-state index contributed by atoms with van der Waals surface area (Å²) in [6.07, 6.45) is -0.297. The molecule has 4 heteroatoms. The van der Waals surface area contributed by atoms with Gasteiger partial charge in [0.25, 0.3) is 0 Å². The van der Waals surface area contributed by atoms with E-state index in [1.165, 1.54) is 6.07 Å². The van der Waals surface area contributed by atoms with Crippen molar-refractivity contribution in [2.45, 2.75) is 19.4 Å². The Morgan fingerprint density at radius 3 is 2.79 bits per heavy atom. The molecule has 0 saturated carbocycles. The molecule has 2 nitrogen and oxygen atoms in total. The molecule has 78 valence electrons. The number of aliphatic hydroxyl groups excluding tert-OH is 1. The molecule has 3 N–H and O–H groups in total. The van der Waals surface area contributed by atoms with E-state index >= 15 is 0 Å². The van der Waals surface area contributed by atoms with E-state index in [0.29, 0.717) is 24.1 Å².